The largest absolute Gasteiger partial charge is 0 e. The van der Waals surface area contributed by atoms with Gasteiger partial charge in [0.25, 0.3) is 0 Å². The van der Waals surface area contributed by atoms with Crippen molar-refractivity contribution in [2.75, 3.05) is 0 Å². The van der Waals surface area contributed by atoms with Gasteiger partial charge in [0.1, 0.15) is 0 Å². The Bertz CT molecular complexity index is 76.7. The molecule has 0 aliphatic carbocycles. The molecule has 0 N–H and O–H groups in total. The molecule has 0 unspecified atom stereocenters. The minimum Gasteiger partial charge on any atom is 0 e. The average Bonchev–Trinajstić information content (AvgIpc) is 1.41. The summed E-state index contributed by atoms with van der Waals surface area (Å²) in [5, 5.41) is 18.4. The predicted octanol–water partition coefficient (Wildman–Crippen LogP) is -0.350. The minimum absolute atomic E-state index is 0. The van der Waals surface area contributed by atoms with Gasteiger partial charge in [-0.05, 0) is 0 Å². The van der Waals surface area contributed by atoms with Crippen molar-refractivity contribution in [3.05, 3.63) is 0 Å². The first-order valence-corrected chi connectivity index (χ1v) is 1.82. The van der Waals surface area contributed by atoms with E-state index in [1.807, 2.05) is 0 Å². The zero-order valence-electron chi connectivity index (χ0n) is 3.23. The molecule has 0 fully saturated rings. The van der Waals surface area contributed by atoms with E-state index < -0.39 is 0 Å². The van der Waals surface area contributed by atoms with Gasteiger partial charge in [-0.1, -0.05) is 0 Å². The van der Waals surface area contributed by atoms with E-state index in [1.165, 1.54) is 0 Å². The molecule has 0 bridgehead atoms. The first-order valence-electron chi connectivity index (χ1n) is 0.781. The quantitative estimate of drug-likeness (QED) is 0.408. The van der Waals surface area contributed by atoms with Crippen LogP contribution in [0, 0.1) is 20.5 Å². The summed E-state index contributed by atoms with van der Waals surface area (Å²) < 4.78 is 0. The van der Waals surface area contributed by atoms with E-state index in [1.54, 1.807) is 10.0 Å². The van der Waals surface area contributed by atoms with Crippen LogP contribution < -0.4 is 0 Å². The van der Waals surface area contributed by atoms with Gasteiger partial charge in [0.05, 0.1) is 0 Å². The van der Waals surface area contributed by atoms with E-state index in [4.69, 9.17) is 10.5 Å². The second kappa shape index (κ2) is 8.92. The molecule has 0 rings (SSSR count). The first-order chi connectivity index (χ1) is 2.41. The second-order valence-corrected chi connectivity index (χ2v) is 0.958. The Morgan fingerprint density at radius 2 is 1.50 bits per heavy atom. The Kier molecular flexibility index (Phi) is 14.0. The molecule has 6 heavy (non-hydrogen) atoms. The van der Waals surface area contributed by atoms with Crippen molar-refractivity contribution in [2.24, 2.45) is 0 Å². The fraction of sp³-hybridized carbons (Fsp3) is 0. The molecule has 0 aliphatic heterocycles. The molecule has 0 heterocycles. The molecule has 0 saturated carbocycles. The van der Waals surface area contributed by atoms with Gasteiger partial charge in [0.2, 0.25) is 0 Å². The third kappa shape index (κ3) is 8.94. The molecule has 1 radical (unpaired) electrons. The van der Waals surface area contributed by atoms with E-state index in [2.05, 4.69) is 0 Å². The van der Waals surface area contributed by atoms with Crippen LogP contribution >= 0.6 is 0 Å². The number of rotatable bonds is 0. The molecule has 28 valence electrons. The Morgan fingerprint density at radius 1 is 1.17 bits per heavy atom. The van der Waals surface area contributed by atoms with Gasteiger partial charge < -0.3 is 0 Å². The van der Waals surface area contributed by atoms with Crippen molar-refractivity contribution < 1.29 is 14.7 Å². The average molecular weight is 118 g/mol. The maximum Gasteiger partial charge on any atom is 0 e. The van der Waals surface area contributed by atoms with Crippen molar-refractivity contribution in [1.82, 2.24) is 0 Å². The maximum atomic E-state index is 7.58. The Morgan fingerprint density at radius 3 is 1.50 bits per heavy atom. The molecule has 0 spiro atoms. The third-order valence-corrected chi connectivity index (χ3v) is 0.307. The van der Waals surface area contributed by atoms with Gasteiger partial charge in [0, 0.05) is 18.9 Å². The zero-order chi connectivity index (χ0) is 4.12. The molecule has 2 nitrogen and oxygen atoms in total. The molecule has 0 aromatic rings. The summed E-state index contributed by atoms with van der Waals surface area (Å²) in [6, 6.07) is 0. The zero-order valence-corrected chi connectivity index (χ0v) is 4.27. The summed E-state index contributed by atoms with van der Waals surface area (Å²) in [6.07, 6.45) is 0. The Hall–Kier alpha value is 0.0839. The van der Waals surface area contributed by atoms with Gasteiger partial charge in [0.15, 0.2) is 0 Å². The maximum absolute atomic E-state index is 7.58. The fourth-order valence-corrected chi connectivity index (χ4v) is 0.0687. The molecular weight excluding hydrogens is 118 g/mol. The topological polar surface area (TPSA) is 47.6 Å². The van der Waals surface area contributed by atoms with E-state index >= 15 is 0 Å². The van der Waals surface area contributed by atoms with Crippen LogP contribution in [0.3, 0.4) is 0 Å². The van der Waals surface area contributed by atoms with Crippen LogP contribution in [0.5, 0.6) is 0 Å². The summed E-state index contributed by atoms with van der Waals surface area (Å²) in [6.45, 7) is 0. The SMILES string of the molecule is N#[C][Co][C]#N.[Li]. The van der Waals surface area contributed by atoms with Gasteiger partial charge in [-0.3, -0.25) is 0 Å². The smallest absolute Gasteiger partial charge is 0 e. The number of hydrogen-bond donors (Lipinski definition) is 0. The number of nitriles is 2. The van der Waals surface area contributed by atoms with Crippen molar-refractivity contribution in [1.29, 1.82) is 10.5 Å². The second-order valence-electron chi connectivity index (χ2n) is 0.232. The van der Waals surface area contributed by atoms with Crippen molar-refractivity contribution in [3.63, 3.8) is 0 Å². The summed E-state index contributed by atoms with van der Waals surface area (Å²) >= 11 is 0.215. The molecular formula is C2CoLiN2. The van der Waals surface area contributed by atoms with Gasteiger partial charge in [-0.25, -0.2) is 0 Å². The monoisotopic (exact) mass is 118 g/mol. The molecule has 0 aromatic carbocycles. The van der Waals surface area contributed by atoms with E-state index in [-0.39, 0.29) is 33.6 Å². The van der Waals surface area contributed by atoms with Crippen LogP contribution in [0.25, 0.3) is 0 Å². The Balaban J connectivity index is 0. The van der Waals surface area contributed by atoms with Crippen LogP contribution in [-0.4, -0.2) is 18.9 Å². The standard InChI is InChI=1S/2CN.Co.Li/c2*1-2;;. The van der Waals surface area contributed by atoms with E-state index in [9.17, 15) is 0 Å². The van der Waals surface area contributed by atoms with Crippen LogP contribution in [0.2, 0.25) is 0 Å². The van der Waals surface area contributed by atoms with Crippen LogP contribution in [0.4, 0.5) is 0 Å². The summed E-state index contributed by atoms with van der Waals surface area (Å²) in [7, 11) is 0. The summed E-state index contributed by atoms with van der Waals surface area (Å²) in [4.78, 5) is 0. The van der Waals surface area contributed by atoms with E-state index in [0.717, 1.165) is 0 Å². The molecule has 4 heteroatoms. The van der Waals surface area contributed by atoms with Crippen LogP contribution in [0.15, 0.2) is 0 Å². The minimum atomic E-state index is 0. The number of nitrogens with zero attached hydrogens (tertiary/aromatic N) is 2. The molecule has 0 atom stereocenters. The fourth-order valence-electron chi connectivity index (χ4n) is 0.0167. The van der Waals surface area contributed by atoms with Crippen LogP contribution in [-0.2, 0) is 14.7 Å². The third-order valence-electron chi connectivity index (χ3n) is 0.0745. The summed E-state index contributed by atoms with van der Waals surface area (Å²) in [5.74, 6) is 0. The van der Waals surface area contributed by atoms with Gasteiger partial charge >= 0.3 is 35.2 Å². The normalized spacial score (nSPS) is 4.33. The molecule has 0 aromatic heterocycles. The Labute approximate surface area is 54.3 Å². The van der Waals surface area contributed by atoms with Crippen molar-refractivity contribution >= 4 is 18.9 Å². The van der Waals surface area contributed by atoms with E-state index in [0.29, 0.717) is 0 Å². The summed E-state index contributed by atoms with van der Waals surface area (Å²) in [5.41, 5.74) is 0. The first kappa shape index (κ1) is 9.43. The van der Waals surface area contributed by atoms with Crippen LogP contribution in [0.1, 0.15) is 0 Å². The number of hydrogen-bond acceptors (Lipinski definition) is 2. The van der Waals surface area contributed by atoms with Gasteiger partial charge in [-0.2, -0.15) is 0 Å². The van der Waals surface area contributed by atoms with Crippen molar-refractivity contribution in [2.45, 2.75) is 0 Å². The predicted molar refractivity (Wildman–Crippen MR) is 17.0 cm³/mol. The van der Waals surface area contributed by atoms with Gasteiger partial charge in [-0.15, -0.1) is 0 Å². The molecule has 0 saturated heterocycles. The molecule has 0 aliphatic rings. The molecule has 0 amide bonds. The van der Waals surface area contributed by atoms with Crippen molar-refractivity contribution in [3.8, 4) is 10.0 Å².